The van der Waals surface area contributed by atoms with Gasteiger partial charge in [-0.05, 0) is 61.7 Å². The van der Waals surface area contributed by atoms with Crippen LogP contribution in [0.3, 0.4) is 0 Å². The van der Waals surface area contributed by atoms with E-state index >= 15 is 0 Å². The van der Waals surface area contributed by atoms with E-state index in [1.165, 1.54) is 0 Å². The third-order valence-corrected chi connectivity index (χ3v) is 3.77. The van der Waals surface area contributed by atoms with Crippen LogP contribution in [-0.2, 0) is 0 Å². The van der Waals surface area contributed by atoms with Crippen LogP contribution in [0.15, 0.2) is 34.8 Å². The number of carbonyl (C=O) groups is 1. The van der Waals surface area contributed by atoms with Gasteiger partial charge >= 0.3 is 0 Å². The number of anilines is 2. The van der Waals surface area contributed by atoms with Gasteiger partial charge in [0.25, 0.3) is 5.91 Å². The lowest BCUT2D eigenvalue weighted by atomic mass is 10.1. The van der Waals surface area contributed by atoms with E-state index < -0.39 is 0 Å². The number of carbonyl (C=O) groups excluding carboxylic acids is 1. The maximum Gasteiger partial charge on any atom is 0.255 e. The molecule has 2 rings (SSSR count). The van der Waals surface area contributed by atoms with Crippen LogP contribution >= 0.6 is 15.9 Å². The molecule has 0 aromatic heterocycles. The van der Waals surface area contributed by atoms with Crippen LogP contribution in [0.4, 0.5) is 11.4 Å². The van der Waals surface area contributed by atoms with Gasteiger partial charge in [0.2, 0.25) is 0 Å². The Morgan fingerprint density at radius 3 is 2.50 bits per heavy atom. The van der Waals surface area contributed by atoms with Crippen molar-refractivity contribution < 1.29 is 4.79 Å². The quantitative estimate of drug-likeness (QED) is 0.809. The summed E-state index contributed by atoms with van der Waals surface area (Å²) >= 11 is 3.40. The zero-order chi connectivity index (χ0) is 14.9. The van der Waals surface area contributed by atoms with E-state index in [1.54, 1.807) is 6.07 Å². The van der Waals surface area contributed by atoms with Crippen molar-refractivity contribution in [2.24, 2.45) is 0 Å². The van der Waals surface area contributed by atoms with Gasteiger partial charge in [0, 0.05) is 10.0 Å². The molecule has 2 aromatic carbocycles. The molecule has 1 amide bonds. The number of nitrogens with two attached hydrogens (primary N) is 1. The summed E-state index contributed by atoms with van der Waals surface area (Å²) in [4.78, 5) is 12.3. The van der Waals surface area contributed by atoms with Crippen molar-refractivity contribution in [3.05, 3.63) is 57.1 Å². The Bertz CT molecular complexity index is 660. The number of rotatable bonds is 2. The molecular weight excluding hydrogens is 316 g/mol. The first-order valence-electron chi connectivity index (χ1n) is 6.32. The van der Waals surface area contributed by atoms with Crippen LogP contribution in [0.1, 0.15) is 27.0 Å². The smallest absolute Gasteiger partial charge is 0.255 e. The predicted octanol–water partition coefficient (Wildman–Crippen LogP) is 4.21. The summed E-state index contributed by atoms with van der Waals surface area (Å²) in [7, 11) is 0. The van der Waals surface area contributed by atoms with E-state index in [9.17, 15) is 4.79 Å². The van der Waals surface area contributed by atoms with E-state index in [0.717, 1.165) is 21.2 Å². The molecule has 0 aliphatic rings. The van der Waals surface area contributed by atoms with E-state index in [4.69, 9.17) is 5.73 Å². The second-order valence-corrected chi connectivity index (χ2v) is 5.86. The highest BCUT2D eigenvalue weighted by Crippen LogP contribution is 2.26. The topological polar surface area (TPSA) is 55.1 Å². The lowest BCUT2D eigenvalue weighted by Crippen LogP contribution is -2.14. The van der Waals surface area contributed by atoms with Crippen molar-refractivity contribution in [2.75, 3.05) is 11.1 Å². The van der Waals surface area contributed by atoms with Gasteiger partial charge in [0.15, 0.2) is 0 Å². The molecule has 0 saturated carbocycles. The fraction of sp³-hybridized carbons (Fsp3) is 0.188. The summed E-state index contributed by atoms with van der Waals surface area (Å²) in [5.41, 5.74) is 10.9. The number of nitrogens with one attached hydrogen (secondary N) is 1. The third-order valence-electron chi connectivity index (χ3n) is 3.31. The molecule has 0 spiro atoms. The molecule has 2 aromatic rings. The number of hydrogen-bond donors (Lipinski definition) is 2. The molecule has 0 saturated heterocycles. The predicted molar refractivity (Wildman–Crippen MR) is 87.2 cm³/mol. The Balaban J connectivity index is 2.35. The molecule has 0 radical (unpaired) electrons. The lowest BCUT2D eigenvalue weighted by Gasteiger charge is -2.13. The average molecular weight is 333 g/mol. The molecule has 0 unspecified atom stereocenters. The number of benzene rings is 2. The van der Waals surface area contributed by atoms with Crippen molar-refractivity contribution in [3.63, 3.8) is 0 Å². The van der Waals surface area contributed by atoms with Gasteiger partial charge in [-0.1, -0.05) is 22.0 Å². The van der Waals surface area contributed by atoms with Crippen molar-refractivity contribution in [2.45, 2.75) is 20.8 Å². The third kappa shape index (κ3) is 3.02. The summed E-state index contributed by atoms with van der Waals surface area (Å²) < 4.78 is 0.886. The van der Waals surface area contributed by atoms with E-state index in [2.05, 4.69) is 21.2 Å². The van der Waals surface area contributed by atoms with Gasteiger partial charge in [-0.2, -0.15) is 0 Å². The zero-order valence-electron chi connectivity index (χ0n) is 11.8. The summed E-state index contributed by atoms with van der Waals surface area (Å²) in [6, 6.07) is 9.36. The first kappa shape index (κ1) is 14.6. The molecule has 0 bridgehead atoms. The largest absolute Gasteiger partial charge is 0.397 e. The molecule has 0 fully saturated rings. The van der Waals surface area contributed by atoms with Crippen LogP contribution < -0.4 is 11.1 Å². The maximum absolute atomic E-state index is 12.3. The second-order valence-electron chi connectivity index (χ2n) is 4.94. The van der Waals surface area contributed by atoms with Gasteiger partial charge in [-0.3, -0.25) is 4.79 Å². The fourth-order valence-electron chi connectivity index (χ4n) is 2.06. The Morgan fingerprint density at radius 2 is 1.85 bits per heavy atom. The van der Waals surface area contributed by atoms with E-state index in [0.29, 0.717) is 16.9 Å². The molecule has 3 nitrogen and oxygen atoms in total. The summed E-state index contributed by atoms with van der Waals surface area (Å²) in [6.07, 6.45) is 0. The Labute approximate surface area is 127 Å². The summed E-state index contributed by atoms with van der Waals surface area (Å²) in [6.45, 7) is 5.90. The van der Waals surface area contributed by atoms with Crippen LogP contribution in [0.25, 0.3) is 0 Å². The number of hydrogen-bond acceptors (Lipinski definition) is 2. The van der Waals surface area contributed by atoms with Crippen LogP contribution in [0, 0.1) is 20.8 Å². The van der Waals surface area contributed by atoms with Crippen molar-refractivity contribution in [1.82, 2.24) is 0 Å². The molecule has 0 aliphatic heterocycles. The van der Waals surface area contributed by atoms with Crippen molar-refractivity contribution in [1.29, 1.82) is 0 Å². The van der Waals surface area contributed by atoms with Crippen LogP contribution in [0.5, 0.6) is 0 Å². The van der Waals surface area contributed by atoms with E-state index in [-0.39, 0.29) is 5.91 Å². The van der Waals surface area contributed by atoms with Gasteiger partial charge in [0.1, 0.15) is 0 Å². The summed E-state index contributed by atoms with van der Waals surface area (Å²) in [5.74, 6) is -0.158. The van der Waals surface area contributed by atoms with Crippen molar-refractivity contribution >= 4 is 33.2 Å². The molecule has 4 heteroatoms. The minimum atomic E-state index is -0.158. The Kier molecular flexibility index (Phi) is 4.14. The normalized spacial score (nSPS) is 10.4. The van der Waals surface area contributed by atoms with Gasteiger partial charge in [0.05, 0.1) is 11.4 Å². The molecule has 0 heterocycles. The number of nitrogen functional groups attached to an aromatic ring is 1. The highest BCUT2D eigenvalue weighted by atomic mass is 79.9. The summed E-state index contributed by atoms with van der Waals surface area (Å²) in [5, 5.41) is 2.91. The minimum Gasteiger partial charge on any atom is -0.397 e. The monoisotopic (exact) mass is 332 g/mol. The lowest BCUT2D eigenvalue weighted by molar-refractivity contribution is 0.102. The minimum absolute atomic E-state index is 0.158. The van der Waals surface area contributed by atoms with Crippen LogP contribution in [-0.4, -0.2) is 5.91 Å². The maximum atomic E-state index is 12.3. The SMILES string of the molecule is Cc1cc(Br)cc(C(=O)Nc2c(N)ccc(C)c2C)c1. The highest BCUT2D eigenvalue weighted by Gasteiger charge is 2.12. The van der Waals surface area contributed by atoms with Crippen LogP contribution in [0.2, 0.25) is 0 Å². The molecular formula is C16H17BrN2O. The number of amides is 1. The fourth-order valence-corrected chi connectivity index (χ4v) is 2.66. The first-order valence-corrected chi connectivity index (χ1v) is 7.12. The number of halogens is 1. The second kappa shape index (κ2) is 5.67. The van der Waals surface area contributed by atoms with E-state index in [1.807, 2.05) is 45.0 Å². The average Bonchev–Trinajstić information content (AvgIpc) is 2.38. The zero-order valence-corrected chi connectivity index (χ0v) is 13.3. The number of aryl methyl sites for hydroxylation is 2. The molecule has 3 N–H and O–H groups in total. The van der Waals surface area contributed by atoms with Crippen molar-refractivity contribution in [3.8, 4) is 0 Å². The Hall–Kier alpha value is -1.81. The van der Waals surface area contributed by atoms with Gasteiger partial charge in [-0.25, -0.2) is 0 Å². The van der Waals surface area contributed by atoms with Gasteiger partial charge in [-0.15, -0.1) is 0 Å². The molecule has 0 aliphatic carbocycles. The van der Waals surface area contributed by atoms with Gasteiger partial charge < -0.3 is 11.1 Å². The highest BCUT2D eigenvalue weighted by molar-refractivity contribution is 9.10. The molecule has 104 valence electrons. The Morgan fingerprint density at radius 1 is 1.15 bits per heavy atom. The molecule has 20 heavy (non-hydrogen) atoms. The standard InChI is InChI=1S/C16H17BrN2O/c1-9-6-12(8-13(17)7-9)16(20)19-15-11(3)10(2)4-5-14(15)18/h4-8H,18H2,1-3H3,(H,19,20). The molecule has 0 atom stereocenters. The first-order chi connectivity index (χ1) is 9.38.